The Bertz CT molecular complexity index is 822. The van der Waals surface area contributed by atoms with Crippen LogP contribution >= 0.6 is 11.6 Å². The Morgan fingerprint density at radius 3 is 2.57 bits per heavy atom. The summed E-state index contributed by atoms with van der Waals surface area (Å²) in [5, 5.41) is 3.98. The topological polar surface area (TPSA) is 45.2 Å². The zero-order chi connectivity index (χ0) is 20.9. The highest BCUT2D eigenvalue weighted by molar-refractivity contribution is 6.31. The van der Waals surface area contributed by atoms with Crippen molar-refractivity contribution in [1.29, 1.82) is 0 Å². The molecule has 0 aliphatic rings. The lowest BCUT2D eigenvalue weighted by atomic mass is 10.0. The van der Waals surface area contributed by atoms with Gasteiger partial charge in [0.05, 0.1) is 16.8 Å². The summed E-state index contributed by atoms with van der Waals surface area (Å²) >= 11 is 5.97. The highest BCUT2D eigenvalue weighted by Gasteiger charge is 2.41. The fourth-order valence-corrected chi connectivity index (χ4v) is 3.29. The molecule has 1 unspecified atom stereocenters. The summed E-state index contributed by atoms with van der Waals surface area (Å²) in [6.45, 7) is 8.91. The third kappa shape index (κ3) is 5.58. The van der Waals surface area contributed by atoms with Gasteiger partial charge in [-0.25, -0.2) is 0 Å². The van der Waals surface area contributed by atoms with Crippen LogP contribution in [0.15, 0.2) is 24.4 Å². The molecular weight excluding hydrogens is 391 g/mol. The van der Waals surface area contributed by atoms with Gasteiger partial charge in [-0.2, -0.15) is 13.2 Å². The maximum absolute atomic E-state index is 13.1. The van der Waals surface area contributed by atoms with E-state index in [1.165, 1.54) is 0 Å². The van der Waals surface area contributed by atoms with E-state index in [2.05, 4.69) is 29.0 Å². The number of hydrogen-bond donors (Lipinski definition) is 1. The number of carbonyl (C=O) groups excluding carboxylic acids is 1. The molecule has 1 N–H and O–H groups in total. The molecule has 0 aliphatic heterocycles. The van der Waals surface area contributed by atoms with Gasteiger partial charge < -0.3 is 10.2 Å². The van der Waals surface area contributed by atoms with Crippen LogP contribution in [0.5, 0.6) is 0 Å². The van der Waals surface area contributed by atoms with Gasteiger partial charge in [-0.05, 0) is 57.6 Å². The fourth-order valence-electron chi connectivity index (χ4n) is 3.13. The van der Waals surface area contributed by atoms with E-state index in [1.54, 1.807) is 18.2 Å². The summed E-state index contributed by atoms with van der Waals surface area (Å²) in [6.07, 6.45) is -2.34. The Hall–Kier alpha value is -1.86. The number of nitrogens with zero attached hydrogens (tertiary/aromatic N) is 2. The van der Waals surface area contributed by atoms with E-state index in [9.17, 15) is 18.0 Å². The maximum atomic E-state index is 13.1. The first-order valence-electron chi connectivity index (χ1n) is 9.36. The smallest absolute Gasteiger partial charge is 0.381 e. The highest BCUT2D eigenvalue weighted by Crippen LogP contribution is 2.33. The molecule has 28 heavy (non-hydrogen) atoms. The Balaban J connectivity index is 2.30. The lowest BCUT2D eigenvalue weighted by Crippen LogP contribution is -2.27. The molecule has 1 aromatic heterocycles. The first-order chi connectivity index (χ1) is 13.2. The molecule has 2 aromatic rings. The second-order valence-corrected chi connectivity index (χ2v) is 7.19. The summed E-state index contributed by atoms with van der Waals surface area (Å²) in [5.41, 5.74) is 0.112. The summed E-state index contributed by atoms with van der Waals surface area (Å²) in [5.74, 6) is -1.91. The number of ketones is 1. The van der Waals surface area contributed by atoms with Gasteiger partial charge in [0.25, 0.3) is 5.78 Å². The number of fused-ring (bicyclic) bond motifs is 1. The normalized spacial score (nSPS) is 13.1. The number of benzene rings is 1. The number of hydrogen-bond acceptors (Lipinski definition) is 4. The van der Waals surface area contributed by atoms with Crippen LogP contribution in [0.3, 0.4) is 0 Å². The molecule has 4 nitrogen and oxygen atoms in total. The van der Waals surface area contributed by atoms with Crippen molar-refractivity contribution >= 4 is 34.0 Å². The SMILES string of the molecule is CCN(CC)CCCC(C)Nc1c(C(=O)C(F)(F)F)cnc2cc(Cl)ccc12. The van der Waals surface area contributed by atoms with Crippen LogP contribution in [0.25, 0.3) is 10.9 Å². The number of aromatic nitrogens is 1. The zero-order valence-corrected chi connectivity index (χ0v) is 17.0. The number of pyridine rings is 1. The van der Waals surface area contributed by atoms with E-state index in [4.69, 9.17) is 11.6 Å². The van der Waals surface area contributed by atoms with E-state index in [0.717, 1.165) is 38.7 Å². The van der Waals surface area contributed by atoms with Crippen LogP contribution in [0.1, 0.15) is 44.0 Å². The molecule has 8 heteroatoms. The van der Waals surface area contributed by atoms with Crippen molar-refractivity contribution in [3.05, 3.63) is 35.0 Å². The van der Waals surface area contributed by atoms with Crippen molar-refractivity contribution in [3.8, 4) is 0 Å². The second kappa shape index (κ2) is 9.56. The minimum absolute atomic E-state index is 0.114. The Morgan fingerprint density at radius 2 is 1.96 bits per heavy atom. The minimum atomic E-state index is -4.97. The summed E-state index contributed by atoms with van der Waals surface area (Å²) in [7, 11) is 0. The molecule has 0 aliphatic carbocycles. The van der Waals surface area contributed by atoms with E-state index >= 15 is 0 Å². The van der Waals surface area contributed by atoms with E-state index in [0.29, 0.717) is 15.9 Å². The molecule has 0 saturated carbocycles. The molecule has 0 amide bonds. The number of rotatable bonds is 9. The monoisotopic (exact) mass is 415 g/mol. The predicted molar refractivity (Wildman–Crippen MR) is 107 cm³/mol. The van der Waals surface area contributed by atoms with Crippen LogP contribution in [-0.2, 0) is 0 Å². The third-order valence-corrected chi connectivity index (χ3v) is 4.97. The number of nitrogens with one attached hydrogen (secondary N) is 1. The van der Waals surface area contributed by atoms with Crippen molar-refractivity contribution in [2.75, 3.05) is 25.0 Å². The van der Waals surface area contributed by atoms with Crippen LogP contribution in [0.4, 0.5) is 18.9 Å². The van der Waals surface area contributed by atoms with E-state index in [1.807, 2.05) is 6.92 Å². The van der Waals surface area contributed by atoms with Crippen LogP contribution in [0.2, 0.25) is 5.02 Å². The molecule has 1 atom stereocenters. The van der Waals surface area contributed by atoms with Crippen molar-refractivity contribution in [3.63, 3.8) is 0 Å². The lowest BCUT2D eigenvalue weighted by molar-refractivity contribution is -0.0884. The highest BCUT2D eigenvalue weighted by atomic mass is 35.5. The van der Waals surface area contributed by atoms with Gasteiger partial charge in [-0.3, -0.25) is 9.78 Å². The standard InChI is InChI=1S/C20H25ClF3N3O/c1-4-27(5-2)10-6-7-13(3)26-18-15-9-8-14(21)11-17(15)25-12-16(18)19(28)20(22,23)24/h8-9,11-13H,4-7,10H2,1-3H3,(H,25,26). The number of halogens is 4. The quantitative estimate of drug-likeness (QED) is 0.545. The summed E-state index contributed by atoms with van der Waals surface area (Å²) < 4.78 is 39.2. The van der Waals surface area contributed by atoms with Gasteiger partial charge in [0.2, 0.25) is 0 Å². The second-order valence-electron chi connectivity index (χ2n) is 6.75. The molecule has 0 bridgehead atoms. The number of Topliss-reactive ketones (excluding diaryl/α,β-unsaturated/α-hetero) is 1. The van der Waals surface area contributed by atoms with Gasteiger partial charge in [-0.15, -0.1) is 0 Å². The van der Waals surface area contributed by atoms with E-state index in [-0.39, 0.29) is 11.7 Å². The average Bonchev–Trinajstić information content (AvgIpc) is 2.64. The van der Waals surface area contributed by atoms with Crippen LogP contribution in [0, 0.1) is 0 Å². The Labute approximate surface area is 168 Å². The molecular formula is C20H25ClF3N3O. The Kier molecular flexibility index (Phi) is 7.66. The number of anilines is 1. The number of alkyl halides is 3. The first-order valence-corrected chi connectivity index (χ1v) is 9.73. The summed E-state index contributed by atoms with van der Waals surface area (Å²) in [4.78, 5) is 18.2. The molecule has 1 heterocycles. The fraction of sp³-hybridized carbons (Fsp3) is 0.500. The molecule has 0 radical (unpaired) electrons. The van der Waals surface area contributed by atoms with Gasteiger partial charge >= 0.3 is 6.18 Å². The molecule has 2 rings (SSSR count). The Morgan fingerprint density at radius 1 is 1.29 bits per heavy atom. The van der Waals surface area contributed by atoms with Crippen molar-refractivity contribution in [1.82, 2.24) is 9.88 Å². The molecule has 154 valence electrons. The molecule has 0 spiro atoms. The lowest BCUT2D eigenvalue weighted by Gasteiger charge is -2.22. The predicted octanol–water partition coefficient (Wildman–Crippen LogP) is 5.56. The van der Waals surface area contributed by atoms with Gasteiger partial charge in [0.1, 0.15) is 0 Å². The molecule has 1 aromatic carbocycles. The third-order valence-electron chi connectivity index (χ3n) is 4.73. The van der Waals surface area contributed by atoms with Gasteiger partial charge in [0, 0.05) is 22.6 Å². The van der Waals surface area contributed by atoms with Crippen molar-refractivity contribution < 1.29 is 18.0 Å². The summed E-state index contributed by atoms with van der Waals surface area (Å²) in [6, 6.07) is 4.61. The zero-order valence-electron chi connectivity index (χ0n) is 16.2. The van der Waals surface area contributed by atoms with Crippen LogP contribution in [-0.4, -0.2) is 47.5 Å². The van der Waals surface area contributed by atoms with Gasteiger partial charge in [0.15, 0.2) is 0 Å². The largest absolute Gasteiger partial charge is 0.455 e. The van der Waals surface area contributed by atoms with Gasteiger partial charge in [-0.1, -0.05) is 25.4 Å². The average molecular weight is 416 g/mol. The van der Waals surface area contributed by atoms with E-state index < -0.39 is 17.5 Å². The van der Waals surface area contributed by atoms with Crippen molar-refractivity contribution in [2.24, 2.45) is 0 Å². The maximum Gasteiger partial charge on any atom is 0.455 e. The van der Waals surface area contributed by atoms with Crippen molar-refractivity contribution in [2.45, 2.75) is 45.8 Å². The molecule has 0 fully saturated rings. The van der Waals surface area contributed by atoms with Crippen LogP contribution < -0.4 is 5.32 Å². The number of carbonyl (C=O) groups is 1. The minimum Gasteiger partial charge on any atom is -0.381 e. The first kappa shape index (κ1) is 22.4. The molecule has 0 saturated heterocycles.